The van der Waals surface area contributed by atoms with Gasteiger partial charge in [-0.25, -0.2) is 9.63 Å². The smallest absolute Gasteiger partial charge is 0.338 e. The van der Waals surface area contributed by atoms with Gasteiger partial charge in [-0.05, 0) is 38.5 Å². The van der Waals surface area contributed by atoms with Crippen molar-refractivity contribution in [3.63, 3.8) is 0 Å². The minimum Gasteiger partial charge on any atom is -0.470 e. The van der Waals surface area contributed by atoms with E-state index in [1.807, 2.05) is 20.8 Å². The van der Waals surface area contributed by atoms with E-state index in [2.05, 4.69) is 23.8 Å². The summed E-state index contributed by atoms with van der Waals surface area (Å²) in [4.78, 5) is 19.4. The van der Waals surface area contributed by atoms with Crippen molar-refractivity contribution in [2.75, 3.05) is 44.4 Å². The quantitative estimate of drug-likeness (QED) is 0.308. The van der Waals surface area contributed by atoms with Crippen LogP contribution in [0.25, 0.3) is 0 Å². The van der Waals surface area contributed by atoms with Crippen molar-refractivity contribution < 1.29 is 34.3 Å². The molecule has 1 aromatic carbocycles. The van der Waals surface area contributed by atoms with E-state index >= 15 is 0 Å². The zero-order valence-corrected chi connectivity index (χ0v) is 20.3. The molecule has 2 aromatic rings. The molecule has 1 unspecified atom stereocenters. The van der Waals surface area contributed by atoms with Crippen LogP contribution < -0.4 is 15.0 Å². The maximum atomic E-state index is 12.8. The topological polar surface area (TPSA) is 139 Å². The second-order valence-corrected chi connectivity index (χ2v) is 9.21. The Morgan fingerprint density at radius 1 is 1.24 bits per heavy atom. The number of benzene rings is 1. The largest absolute Gasteiger partial charge is 0.470 e. The van der Waals surface area contributed by atoms with Gasteiger partial charge in [0.05, 0.1) is 42.5 Å². The number of rotatable bonds is 11. The number of nitrogens with one attached hydrogen (secondary N) is 1. The number of nitrogens with zero attached hydrogens (tertiary/aromatic N) is 4. The number of esters is 1. The van der Waals surface area contributed by atoms with E-state index in [0.717, 1.165) is 11.7 Å². The highest BCUT2D eigenvalue weighted by Crippen LogP contribution is 2.26. The Morgan fingerprint density at radius 2 is 1.94 bits per heavy atom. The molecule has 1 saturated heterocycles. The van der Waals surface area contributed by atoms with Crippen molar-refractivity contribution >= 4 is 23.5 Å². The molecule has 0 bridgehead atoms. The molecule has 13 heteroatoms. The third-order valence-corrected chi connectivity index (χ3v) is 5.33. The van der Waals surface area contributed by atoms with E-state index in [1.165, 1.54) is 0 Å². The van der Waals surface area contributed by atoms with Gasteiger partial charge in [-0.15, -0.1) is 4.37 Å². The van der Waals surface area contributed by atoms with E-state index in [-0.39, 0.29) is 24.1 Å². The second-order valence-electron chi connectivity index (χ2n) is 8.68. The summed E-state index contributed by atoms with van der Waals surface area (Å²) in [6.07, 6.45) is -0.577. The zero-order valence-electron chi connectivity index (χ0n) is 19.5. The van der Waals surface area contributed by atoms with Crippen LogP contribution in [0.2, 0.25) is 0 Å². The lowest BCUT2D eigenvalue weighted by Crippen LogP contribution is -2.44. The maximum Gasteiger partial charge on any atom is 0.338 e. The number of aromatic nitrogens is 2. The molecule has 3 N–H and O–H groups in total. The Hall–Kier alpha value is -2.39. The number of morpholine rings is 1. The average Bonchev–Trinajstić information content (AvgIpc) is 3.28. The van der Waals surface area contributed by atoms with Gasteiger partial charge in [-0.3, -0.25) is 10.4 Å². The number of hydrogen-bond donors (Lipinski definition) is 3. The molecule has 2 heterocycles. The minimum absolute atomic E-state index is 0.0680. The SMILES string of the molecule is CC(C)(C)NCC(COc1nsnc1N1CCOCC1)OC(=O)c1ccc(CON(O)O)cc1. The number of anilines is 1. The molecule has 1 aromatic heterocycles. The van der Waals surface area contributed by atoms with Crippen LogP contribution in [0.3, 0.4) is 0 Å². The van der Waals surface area contributed by atoms with Gasteiger partial charge in [0.2, 0.25) is 5.82 Å². The molecular formula is C21H31N5O7S. The highest BCUT2D eigenvalue weighted by molar-refractivity contribution is 6.99. The summed E-state index contributed by atoms with van der Waals surface area (Å²) in [5, 5.41) is 20.2. The molecule has 0 saturated carbocycles. The van der Waals surface area contributed by atoms with Crippen LogP contribution in [0.4, 0.5) is 5.82 Å². The standard InChI is InChI=1S/C21H31N5O7S/c1-21(2,3)22-12-17(14-31-19-18(23-34-24-19)25-8-10-30-11-9-25)33-20(27)16-6-4-15(5-7-16)13-32-26(28)29/h4-7,17,22,28-29H,8-14H2,1-3H3. The van der Waals surface area contributed by atoms with Crippen LogP contribution in [0.1, 0.15) is 36.7 Å². The molecule has 1 fully saturated rings. The lowest BCUT2D eigenvalue weighted by Gasteiger charge is -2.27. The highest BCUT2D eigenvalue weighted by Gasteiger charge is 2.24. The van der Waals surface area contributed by atoms with Crippen molar-refractivity contribution in [2.24, 2.45) is 0 Å². The van der Waals surface area contributed by atoms with Crippen LogP contribution in [0, 0.1) is 0 Å². The lowest BCUT2D eigenvalue weighted by atomic mass is 10.1. The fourth-order valence-electron chi connectivity index (χ4n) is 3.05. The summed E-state index contributed by atoms with van der Waals surface area (Å²) in [5.41, 5.74) is 0.810. The first-order valence-electron chi connectivity index (χ1n) is 10.8. The van der Waals surface area contributed by atoms with Crippen LogP contribution >= 0.6 is 11.7 Å². The first kappa shape index (κ1) is 26.2. The third kappa shape index (κ3) is 8.43. The van der Waals surface area contributed by atoms with Crippen molar-refractivity contribution in [1.29, 1.82) is 0 Å². The number of carbonyl (C=O) groups excluding carboxylic acids is 1. The van der Waals surface area contributed by atoms with E-state index in [9.17, 15) is 4.79 Å². The number of hydrogen-bond acceptors (Lipinski definition) is 13. The van der Waals surface area contributed by atoms with Crippen molar-refractivity contribution in [1.82, 2.24) is 19.5 Å². The first-order chi connectivity index (χ1) is 16.2. The summed E-state index contributed by atoms with van der Waals surface area (Å²) in [5.74, 6) is 0.576. The van der Waals surface area contributed by atoms with Crippen molar-refractivity contribution in [2.45, 2.75) is 39.0 Å². The van der Waals surface area contributed by atoms with Gasteiger partial charge in [-0.1, -0.05) is 12.1 Å². The van der Waals surface area contributed by atoms with Crippen molar-refractivity contribution in [3.05, 3.63) is 35.4 Å². The molecule has 12 nitrogen and oxygen atoms in total. The maximum absolute atomic E-state index is 12.8. The predicted molar refractivity (Wildman–Crippen MR) is 122 cm³/mol. The Labute approximate surface area is 202 Å². The molecule has 0 amide bonds. The number of carbonyl (C=O) groups is 1. The van der Waals surface area contributed by atoms with Gasteiger partial charge < -0.3 is 24.4 Å². The fraction of sp³-hybridized carbons (Fsp3) is 0.571. The second kappa shape index (κ2) is 12.4. The van der Waals surface area contributed by atoms with Crippen LogP contribution in [0.5, 0.6) is 5.88 Å². The van der Waals surface area contributed by atoms with Gasteiger partial charge in [0, 0.05) is 25.2 Å². The zero-order chi connectivity index (χ0) is 24.6. The normalized spacial score (nSPS) is 15.4. The number of ether oxygens (including phenoxy) is 3. The first-order valence-corrected chi connectivity index (χ1v) is 11.6. The Bertz CT molecular complexity index is 898. The molecule has 34 heavy (non-hydrogen) atoms. The highest BCUT2D eigenvalue weighted by atomic mass is 32.1. The average molecular weight is 498 g/mol. The van der Waals surface area contributed by atoms with Gasteiger partial charge >= 0.3 is 5.97 Å². The third-order valence-electron chi connectivity index (χ3n) is 4.83. The molecule has 0 aliphatic carbocycles. The molecule has 0 spiro atoms. The molecule has 1 aliphatic heterocycles. The summed E-state index contributed by atoms with van der Waals surface area (Å²) < 4.78 is 25.7. The molecule has 3 rings (SSSR count). The summed E-state index contributed by atoms with van der Waals surface area (Å²) in [6.45, 7) is 9.15. The summed E-state index contributed by atoms with van der Waals surface area (Å²) in [6, 6.07) is 6.43. The monoisotopic (exact) mass is 497 g/mol. The summed E-state index contributed by atoms with van der Waals surface area (Å²) in [7, 11) is 0. The van der Waals surface area contributed by atoms with Crippen LogP contribution in [0.15, 0.2) is 24.3 Å². The fourth-order valence-corrected chi connectivity index (χ4v) is 3.57. The van der Waals surface area contributed by atoms with Gasteiger partial charge in [0.25, 0.3) is 5.88 Å². The summed E-state index contributed by atoms with van der Waals surface area (Å²) >= 11 is 1.07. The molecule has 1 aliphatic rings. The van der Waals surface area contributed by atoms with Gasteiger partial charge in [0.15, 0.2) is 0 Å². The van der Waals surface area contributed by atoms with E-state index in [1.54, 1.807) is 24.3 Å². The van der Waals surface area contributed by atoms with Crippen molar-refractivity contribution in [3.8, 4) is 5.88 Å². The Kier molecular flexibility index (Phi) is 9.53. The predicted octanol–water partition coefficient (Wildman–Crippen LogP) is 1.88. The molecule has 1 atom stereocenters. The van der Waals surface area contributed by atoms with Crippen LogP contribution in [-0.2, 0) is 20.9 Å². The molecular weight excluding hydrogens is 466 g/mol. The van der Waals surface area contributed by atoms with Gasteiger partial charge in [-0.2, -0.15) is 4.37 Å². The van der Waals surface area contributed by atoms with E-state index in [0.29, 0.717) is 55.7 Å². The van der Waals surface area contributed by atoms with Gasteiger partial charge in [0.1, 0.15) is 12.7 Å². The Balaban J connectivity index is 1.62. The van der Waals surface area contributed by atoms with Crippen LogP contribution in [-0.4, -0.2) is 81.6 Å². The lowest BCUT2D eigenvalue weighted by molar-refractivity contribution is -0.497. The molecule has 188 valence electrons. The van der Waals surface area contributed by atoms with E-state index in [4.69, 9.17) is 24.6 Å². The molecule has 0 radical (unpaired) electrons. The van der Waals surface area contributed by atoms with E-state index < -0.39 is 12.1 Å². The minimum atomic E-state index is -0.577. The Morgan fingerprint density at radius 3 is 2.59 bits per heavy atom.